The Bertz CT molecular complexity index is 1840. The van der Waals surface area contributed by atoms with E-state index in [-0.39, 0.29) is 17.3 Å². The van der Waals surface area contributed by atoms with E-state index in [0.29, 0.717) is 43.2 Å². The molecule has 0 saturated carbocycles. The van der Waals surface area contributed by atoms with Crippen molar-refractivity contribution in [2.24, 2.45) is 5.92 Å². The lowest BCUT2D eigenvalue weighted by Gasteiger charge is -2.31. The Morgan fingerprint density at radius 1 is 0.951 bits per heavy atom. The first kappa shape index (κ1) is 26.2. The lowest BCUT2D eigenvalue weighted by molar-refractivity contribution is -0.123. The van der Waals surface area contributed by atoms with Crippen molar-refractivity contribution in [2.75, 3.05) is 63.3 Å². The van der Waals surface area contributed by atoms with Gasteiger partial charge in [0.2, 0.25) is 5.91 Å². The fraction of sp³-hybridized carbons (Fsp3) is 0.333. The summed E-state index contributed by atoms with van der Waals surface area (Å²) < 4.78 is 14.2. The molecular formula is C33H33N3O4S. The summed E-state index contributed by atoms with van der Waals surface area (Å²) in [5.74, 6) is 0.796. The highest BCUT2D eigenvalue weighted by atomic mass is 32.1. The van der Waals surface area contributed by atoms with Crippen molar-refractivity contribution in [3.8, 4) is 11.1 Å². The molecule has 7 nitrogen and oxygen atoms in total. The van der Waals surface area contributed by atoms with Gasteiger partial charge in [-0.3, -0.25) is 9.59 Å². The predicted octanol–water partition coefficient (Wildman–Crippen LogP) is 5.97. The molecule has 2 aliphatic rings. The summed E-state index contributed by atoms with van der Waals surface area (Å²) in [6.45, 7) is 4.48. The van der Waals surface area contributed by atoms with Crippen LogP contribution >= 0.6 is 11.3 Å². The molecule has 5 aromatic rings. The number of para-hydroxylation sites is 1. The number of carbonyl (C=O) groups excluding carboxylic acids is 1. The quantitative estimate of drug-likeness (QED) is 0.267. The number of amides is 1. The van der Waals surface area contributed by atoms with Crippen LogP contribution in [0.1, 0.15) is 12.8 Å². The van der Waals surface area contributed by atoms with Gasteiger partial charge in [-0.25, -0.2) is 0 Å². The first-order chi connectivity index (χ1) is 20.0. The van der Waals surface area contributed by atoms with Gasteiger partial charge in [0.1, 0.15) is 5.58 Å². The highest BCUT2D eigenvalue weighted by Crippen LogP contribution is 2.43. The number of nitrogens with zero attached hydrogens (tertiary/aromatic N) is 3. The van der Waals surface area contributed by atoms with E-state index >= 15 is 0 Å². The molecule has 0 N–H and O–H groups in total. The van der Waals surface area contributed by atoms with Gasteiger partial charge in [-0.05, 0) is 50.7 Å². The third kappa shape index (κ3) is 4.70. The van der Waals surface area contributed by atoms with Gasteiger partial charge < -0.3 is 23.9 Å². The molecule has 0 spiro atoms. The van der Waals surface area contributed by atoms with Gasteiger partial charge in [0.15, 0.2) is 11.3 Å². The van der Waals surface area contributed by atoms with Crippen molar-refractivity contribution >= 4 is 60.0 Å². The SMILES string of the molecule is CN1CCCC(C(=O)N(C)c2ccc3sc4c(-c5cccc6c(=O)cc(N7CCOCC7)oc56)cccc4c3c2)C1. The summed E-state index contributed by atoms with van der Waals surface area (Å²) in [5, 5.41) is 2.83. The molecule has 0 bridgehead atoms. The molecule has 1 amide bonds. The van der Waals surface area contributed by atoms with Crippen LogP contribution in [0, 0.1) is 5.92 Å². The Morgan fingerprint density at radius 2 is 1.73 bits per heavy atom. The van der Waals surface area contributed by atoms with Crippen LogP contribution in [0.15, 0.2) is 69.9 Å². The maximum atomic E-state index is 13.4. The lowest BCUT2D eigenvalue weighted by atomic mass is 9.96. The van der Waals surface area contributed by atoms with Crippen molar-refractivity contribution in [1.82, 2.24) is 4.90 Å². The maximum Gasteiger partial charge on any atom is 0.231 e. The molecule has 8 heteroatoms. The second kappa shape index (κ2) is 10.6. The highest BCUT2D eigenvalue weighted by molar-refractivity contribution is 7.26. The van der Waals surface area contributed by atoms with E-state index in [1.54, 1.807) is 17.4 Å². The van der Waals surface area contributed by atoms with Crippen molar-refractivity contribution in [3.63, 3.8) is 0 Å². The lowest BCUT2D eigenvalue weighted by Crippen LogP contribution is -2.42. The second-order valence-corrected chi connectivity index (χ2v) is 12.2. The van der Waals surface area contributed by atoms with Crippen molar-refractivity contribution in [1.29, 1.82) is 0 Å². The minimum Gasteiger partial charge on any atom is -0.440 e. The van der Waals surface area contributed by atoms with Crippen LogP contribution in [0.3, 0.4) is 0 Å². The number of piperidine rings is 1. The van der Waals surface area contributed by atoms with Crippen molar-refractivity contribution in [2.45, 2.75) is 12.8 Å². The normalized spacial score (nSPS) is 18.4. The Hall–Kier alpha value is -3.72. The molecule has 0 aliphatic carbocycles. The number of anilines is 2. The number of carbonyl (C=O) groups is 1. The molecule has 3 aromatic carbocycles. The molecule has 2 fully saturated rings. The van der Waals surface area contributed by atoms with Gasteiger partial charge in [-0.15, -0.1) is 11.3 Å². The minimum atomic E-state index is -0.0420. The average Bonchev–Trinajstić information content (AvgIpc) is 3.39. The number of thiophene rings is 1. The molecular weight excluding hydrogens is 534 g/mol. The van der Waals surface area contributed by atoms with Crippen molar-refractivity contribution < 1.29 is 13.9 Å². The highest BCUT2D eigenvalue weighted by Gasteiger charge is 2.27. The van der Waals surface area contributed by atoms with Crippen LogP contribution in [0.25, 0.3) is 42.3 Å². The molecule has 1 atom stereocenters. The summed E-state index contributed by atoms with van der Waals surface area (Å²) in [5.41, 5.74) is 3.41. The number of hydrogen-bond acceptors (Lipinski definition) is 7. The summed E-state index contributed by atoms with van der Waals surface area (Å²) in [4.78, 5) is 32.7. The minimum absolute atomic E-state index is 0.0311. The fourth-order valence-electron chi connectivity index (χ4n) is 6.29. The van der Waals surface area contributed by atoms with Crippen molar-refractivity contribution in [3.05, 3.63) is 70.9 Å². The van der Waals surface area contributed by atoms with Crippen LogP contribution in [0.4, 0.5) is 11.6 Å². The third-order valence-electron chi connectivity index (χ3n) is 8.53. The molecule has 0 radical (unpaired) electrons. The van der Waals surface area contributed by atoms with E-state index in [1.165, 1.54) is 0 Å². The Balaban J connectivity index is 1.31. The van der Waals surface area contributed by atoms with Gasteiger partial charge in [-0.1, -0.05) is 30.3 Å². The third-order valence-corrected chi connectivity index (χ3v) is 9.75. The first-order valence-electron chi connectivity index (χ1n) is 14.3. The molecule has 2 aromatic heterocycles. The summed E-state index contributed by atoms with van der Waals surface area (Å²) >= 11 is 1.73. The van der Waals surface area contributed by atoms with E-state index in [2.05, 4.69) is 47.2 Å². The zero-order valence-electron chi connectivity index (χ0n) is 23.4. The molecule has 7 rings (SSSR count). The second-order valence-electron chi connectivity index (χ2n) is 11.2. The number of hydrogen-bond donors (Lipinski definition) is 0. The van der Waals surface area contributed by atoms with Gasteiger partial charge >= 0.3 is 0 Å². The number of morpholine rings is 1. The fourth-order valence-corrected chi connectivity index (χ4v) is 7.50. The summed E-state index contributed by atoms with van der Waals surface area (Å²) in [6, 6.07) is 20.0. The topological polar surface area (TPSA) is 66.2 Å². The van der Waals surface area contributed by atoms with E-state index in [9.17, 15) is 9.59 Å². The number of benzene rings is 3. The Labute approximate surface area is 242 Å². The van der Waals surface area contributed by atoms with Gasteiger partial charge in [-0.2, -0.15) is 0 Å². The maximum absolute atomic E-state index is 13.4. The molecule has 210 valence electrons. The Kier molecular flexibility index (Phi) is 6.77. The molecule has 1 unspecified atom stereocenters. The van der Waals surface area contributed by atoms with Crippen LogP contribution in [-0.4, -0.2) is 64.3 Å². The Morgan fingerprint density at radius 3 is 2.54 bits per heavy atom. The molecule has 2 saturated heterocycles. The molecule has 41 heavy (non-hydrogen) atoms. The average molecular weight is 568 g/mol. The zero-order chi connectivity index (χ0) is 28.1. The summed E-state index contributed by atoms with van der Waals surface area (Å²) in [6.07, 6.45) is 1.99. The van der Waals surface area contributed by atoms with Gasteiger partial charge in [0.05, 0.1) is 24.5 Å². The van der Waals surface area contributed by atoms with Crippen LogP contribution in [0.2, 0.25) is 0 Å². The van der Waals surface area contributed by atoms with Crippen LogP contribution < -0.4 is 15.2 Å². The smallest absolute Gasteiger partial charge is 0.231 e. The number of ether oxygens (including phenoxy) is 1. The molecule has 2 aliphatic heterocycles. The van der Waals surface area contributed by atoms with E-state index < -0.39 is 0 Å². The van der Waals surface area contributed by atoms with E-state index in [1.807, 2.05) is 36.2 Å². The summed E-state index contributed by atoms with van der Waals surface area (Å²) in [7, 11) is 3.98. The predicted molar refractivity (Wildman–Crippen MR) is 167 cm³/mol. The monoisotopic (exact) mass is 567 g/mol. The largest absolute Gasteiger partial charge is 0.440 e. The van der Waals surface area contributed by atoms with Gasteiger partial charge in [0, 0.05) is 69.7 Å². The van der Waals surface area contributed by atoms with Crippen LogP contribution in [0.5, 0.6) is 0 Å². The zero-order valence-corrected chi connectivity index (χ0v) is 24.2. The van der Waals surface area contributed by atoms with E-state index in [4.69, 9.17) is 9.15 Å². The standard InChI is InChI=1S/C33H33N3O4S/c1-34-13-5-6-21(20-34)33(38)35(2)22-11-12-29-27(18-22)25-9-4-8-24(32(25)41-29)23-7-3-10-26-28(37)19-30(40-31(23)26)36-14-16-39-17-15-36/h3-4,7-12,18-19,21H,5-6,13-17,20H2,1-2H3. The molecule has 4 heterocycles. The van der Waals surface area contributed by atoms with Gasteiger partial charge in [0.25, 0.3) is 0 Å². The number of fused-ring (bicyclic) bond motifs is 4. The van der Waals surface area contributed by atoms with E-state index in [0.717, 1.165) is 62.9 Å². The van der Waals surface area contributed by atoms with Crippen LogP contribution in [-0.2, 0) is 9.53 Å². The number of rotatable bonds is 4. The first-order valence-corrected chi connectivity index (χ1v) is 15.1. The number of likely N-dealkylation sites (tertiary alicyclic amines) is 1.